The number of fused-ring (bicyclic) bond motifs is 2. The van der Waals surface area contributed by atoms with Gasteiger partial charge in [0.2, 0.25) is 11.8 Å². The zero-order valence-electron chi connectivity index (χ0n) is 17.0. The number of nitrogens with zero attached hydrogens (tertiary/aromatic N) is 1. The lowest BCUT2D eigenvalue weighted by Gasteiger charge is -2.35. The number of rotatable bonds is 2. The molecule has 1 spiro atoms. The zero-order chi connectivity index (χ0) is 21.7. The fraction of sp³-hybridized carbons (Fsp3) is 0.348. The third-order valence-electron chi connectivity index (χ3n) is 6.16. The number of anilines is 1. The number of nitrogens with one attached hydrogen (secondary N) is 2. The highest BCUT2D eigenvalue weighted by atomic mass is 19.3. The van der Waals surface area contributed by atoms with Crippen molar-refractivity contribution in [2.45, 2.75) is 50.9 Å². The second-order valence-corrected chi connectivity index (χ2v) is 8.28. The number of aryl methyl sites for hydroxylation is 1. The van der Waals surface area contributed by atoms with Crippen molar-refractivity contribution in [1.82, 2.24) is 0 Å². The van der Waals surface area contributed by atoms with Crippen molar-refractivity contribution < 1.29 is 13.6 Å². The number of carbonyl (C=O) groups excluding carboxylic acids is 1. The number of aliphatic imine (C=N–C) groups is 1. The number of hydrogen-bond donors (Lipinski definition) is 3. The standard InChI is InChI=1S/C23H24F2N4O/c1-13-3-4-16(20(27)28-14(2)26)11-17(13)15-5-6-18-19(12-15)29-21(30)22(18)7-9-23(24,25)10-8-22/h3-6,11-12H,7-10H2,1-2H3,(H,29,30)(H3,26,27,28). The van der Waals surface area contributed by atoms with Crippen molar-refractivity contribution in [3.05, 3.63) is 53.1 Å². The Balaban J connectivity index is 1.71. The summed E-state index contributed by atoms with van der Waals surface area (Å²) in [6.45, 7) is 3.60. The van der Waals surface area contributed by atoms with Crippen molar-refractivity contribution >= 4 is 23.3 Å². The summed E-state index contributed by atoms with van der Waals surface area (Å²) in [7, 11) is 0. The number of nitrogens with two attached hydrogens (primary N) is 1. The smallest absolute Gasteiger partial charge is 0.248 e. The second-order valence-electron chi connectivity index (χ2n) is 8.28. The number of alkyl halides is 2. The van der Waals surface area contributed by atoms with Crippen molar-refractivity contribution in [2.24, 2.45) is 10.7 Å². The van der Waals surface area contributed by atoms with Crippen LogP contribution in [0, 0.1) is 12.3 Å². The molecule has 0 unspecified atom stereocenters. The number of hydrogen-bond acceptors (Lipinski definition) is 2. The minimum Gasteiger partial charge on any atom is -0.387 e. The first-order chi connectivity index (χ1) is 14.1. The highest BCUT2D eigenvalue weighted by Crippen LogP contribution is 2.51. The molecule has 0 aromatic heterocycles. The predicted molar refractivity (Wildman–Crippen MR) is 114 cm³/mol. The van der Waals surface area contributed by atoms with Gasteiger partial charge in [-0.3, -0.25) is 10.2 Å². The largest absolute Gasteiger partial charge is 0.387 e. The van der Waals surface area contributed by atoms with Crippen LogP contribution < -0.4 is 11.1 Å². The van der Waals surface area contributed by atoms with Gasteiger partial charge in [0.25, 0.3) is 0 Å². The lowest BCUT2D eigenvalue weighted by Crippen LogP contribution is -2.41. The summed E-state index contributed by atoms with van der Waals surface area (Å²) in [5.41, 5.74) is 9.65. The van der Waals surface area contributed by atoms with Crippen LogP contribution in [-0.4, -0.2) is 23.5 Å². The Hall–Kier alpha value is -3.09. The van der Waals surface area contributed by atoms with Gasteiger partial charge in [-0.15, -0.1) is 0 Å². The van der Waals surface area contributed by atoms with Gasteiger partial charge in [-0.25, -0.2) is 13.8 Å². The summed E-state index contributed by atoms with van der Waals surface area (Å²) in [5, 5.41) is 11.0. The summed E-state index contributed by atoms with van der Waals surface area (Å²) in [6, 6.07) is 11.3. The van der Waals surface area contributed by atoms with Crippen molar-refractivity contribution in [3.63, 3.8) is 0 Å². The van der Waals surface area contributed by atoms with E-state index in [-0.39, 0.29) is 37.4 Å². The maximum atomic E-state index is 13.7. The van der Waals surface area contributed by atoms with Gasteiger partial charge in [0, 0.05) is 24.1 Å². The van der Waals surface area contributed by atoms with Crippen LogP contribution in [0.3, 0.4) is 0 Å². The summed E-state index contributed by atoms with van der Waals surface area (Å²) in [6.07, 6.45) is -0.238. The van der Waals surface area contributed by atoms with E-state index in [9.17, 15) is 13.6 Å². The number of benzene rings is 2. The van der Waals surface area contributed by atoms with E-state index in [1.807, 2.05) is 43.3 Å². The fourth-order valence-electron chi connectivity index (χ4n) is 4.46. The topological polar surface area (TPSA) is 91.3 Å². The maximum absolute atomic E-state index is 13.7. The molecule has 2 aromatic carbocycles. The summed E-state index contributed by atoms with van der Waals surface area (Å²) in [4.78, 5) is 16.8. The zero-order valence-corrected chi connectivity index (χ0v) is 17.0. The molecule has 7 heteroatoms. The van der Waals surface area contributed by atoms with Crippen LogP contribution in [0.2, 0.25) is 0 Å². The molecule has 1 aliphatic heterocycles. The molecule has 2 aliphatic rings. The predicted octanol–water partition coefficient (Wildman–Crippen LogP) is 4.76. The lowest BCUT2D eigenvalue weighted by molar-refractivity contribution is -0.125. The molecule has 156 valence electrons. The van der Waals surface area contributed by atoms with Gasteiger partial charge in [0.15, 0.2) is 5.84 Å². The Morgan fingerprint density at radius 3 is 2.50 bits per heavy atom. The SMILES string of the molecule is CC(N)=NC(=N)c1ccc(C)c(-c2ccc3c(c2)NC(=O)C32CCC(F)(F)CC2)c1. The van der Waals surface area contributed by atoms with Gasteiger partial charge >= 0.3 is 0 Å². The molecule has 0 saturated heterocycles. The molecule has 4 rings (SSSR count). The molecule has 30 heavy (non-hydrogen) atoms. The van der Waals surface area contributed by atoms with E-state index in [2.05, 4.69) is 10.3 Å². The lowest BCUT2D eigenvalue weighted by atomic mass is 9.69. The average Bonchev–Trinajstić information content (AvgIpc) is 2.95. The Kier molecular flexibility index (Phi) is 4.71. The number of carbonyl (C=O) groups is 1. The molecule has 0 atom stereocenters. The molecule has 0 radical (unpaired) electrons. The van der Waals surface area contributed by atoms with Crippen LogP contribution in [0.1, 0.15) is 49.3 Å². The quantitative estimate of drug-likeness (QED) is 0.492. The molecule has 1 fully saturated rings. The van der Waals surface area contributed by atoms with Crippen molar-refractivity contribution in [1.29, 1.82) is 5.41 Å². The van der Waals surface area contributed by atoms with Crippen LogP contribution in [0.5, 0.6) is 0 Å². The molecule has 4 N–H and O–H groups in total. The van der Waals surface area contributed by atoms with E-state index >= 15 is 0 Å². The Morgan fingerprint density at radius 1 is 1.13 bits per heavy atom. The first-order valence-electron chi connectivity index (χ1n) is 9.96. The highest BCUT2D eigenvalue weighted by molar-refractivity contribution is 6.07. The minimum absolute atomic E-state index is 0.0767. The van der Waals surface area contributed by atoms with Crippen LogP contribution in [-0.2, 0) is 10.2 Å². The molecule has 1 amide bonds. The van der Waals surface area contributed by atoms with Gasteiger partial charge in [0.1, 0.15) is 0 Å². The summed E-state index contributed by atoms with van der Waals surface area (Å²) < 4.78 is 27.4. The van der Waals surface area contributed by atoms with Crippen LogP contribution in [0.4, 0.5) is 14.5 Å². The van der Waals surface area contributed by atoms with Gasteiger partial charge in [-0.2, -0.15) is 0 Å². The van der Waals surface area contributed by atoms with Gasteiger partial charge < -0.3 is 11.1 Å². The summed E-state index contributed by atoms with van der Waals surface area (Å²) >= 11 is 0. The third kappa shape index (κ3) is 3.38. The summed E-state index contributed by atoms with van der Waals surface area (Å²) in [5.74, 6) is -2.50. The molecule has 2 aromatic rings. The highest BCUT2D eigenvalue weighted by Gasteiger charge is 2.52. The van der Waals surface area contributed by atoms with E-state index in [0.29, 0.717) is 17.1 Å². The third-order valence-corrected chi connectivity index (χ3v) is 6.16. The molecule has 5 nitrogen and oxygen atoms in total. The van der Waals surface area contributed by atoms with Crippen LogP contribution in [0.25, 0.3) is 11.1 Å². The Labute approximate surface area is 173 Å². The molecule has 1 saturated carbocycles. The molecular weight excluding hydrogens is 386 g/mol. The maximum Gasteiger partial charge on any atom is 0.248 e. The van der Waals surface area contributed by atoms with Gasteiger partial charge in [-0.05, 0) is 61.1 Å². The monoisotopic (exact) mass is 410 g/mol. The molecule has 1 aliphatic carbocycles. The van der Waals surface area contributed by atoms with Crippen molar-refractivity contribution in [2.75, 3.05) is 5.32 Å². The van der Waals surface area contributed by atoms with E-state index < -0.39 is 11.3 Å². The van der Waals surface area contributed by atoms with E-state index in [0.717, 1.165) is 22.3 Å². The molecular formula is C23H24F2N4O. The Morgan fingerprint density at radius 2 is 1.83 bits per heavy atom. The molecule has 1 heterocycles. The second kappa shape index (κ2) is 7.00. The first-order valence-corrected chi connectivity index (χ1v) is 9.96. The normalized spacial score (nSPS) is 19.5. The van der Waals surface area contributed by atoms with Crippen molar-refractivity contribution in [3.8, 4) is 11.1 Å². The van der Waals surface area contributed by atoms with Crippen LogP contribution >= 0.6 is 0 Å². The average molecular weight is 410 g/mol. The van der Waals surface area contributed by atoms with E-state index in [1.165, 1.54) is 0 Å². The number of halogens is 2. The number of amides is 1. The van der Waals surface area contributed by atoms with E-state index in [4.69, 9.17) is 11.1 Å². The fourth-order valence-corrected chi connectivity index (χ4v) is 4.46. The Bertz CT molecular complexity index is 1080. The van der Waals surface area contributed by atoms with Gasteiger partial charge in [0.05, 0.1) is 11.3 Å². The minimum atomic E-state index is -2.69. The first kappa shape index (κ1) is 20.2. The molecule has 0 bridgehead atoms. The van der Waals surface area contributed by atoms with Gasteiger partial charge in [-0.1, -0.05) is 24.3 Å². The van der Waals surface area contributed by atoms with Crippen LogP contribution in [0.15, 0.2) is 41.4 Å². The number of amidine groups is 2. The van der Waals surface area contributed by atoms with E-state index in [1.54, 1.807) is 6.92 Å².